The molecule has 1 rings (SSSR count). The number of rotatable bonds is 2. The van der Waals surface area contributed by atoms with Crippen LogP contribution >= 0.6 is 11.6 Å². The van der Waals surface area contributed by atoms with Crippen molar-refractivity contribution < 1.29 is 4.39 Å². The third kappa shape index (κ3) is 3.47. The highest BCUT2D eigenvalue weighted by Gasteiger charge is 2.02. The van der Waals surface area contributed by atoms with E-state index in [2.05, 4.69) is 21.9 Å². The lowest BCUT2D eigenvalue weighted by atomic mass is 10.1. The highest BCUT2D eigenvalue weighted by Crippen LogP contribution is 2.19. The molecule has 0 heterocycles. The molecule has 3 nitrogen and oxygen atoms in total. The molecule has 0 saturated heterocycles. The molecule has 0 N–H and O–H groups in total. The van der Waals surface area contributed by atoms with E-state index in [0.29, 0.717) is 29.1 Å². The molecule has 0 radical (unpaired) electrons. The van der Waals surface area contributed by atoms with Crippen molar-refractivity contribution in [3.05, 3.63) is 44.5 Å². The first-order chi connectivity index (χ1) is 7.65. The van der Waals surface area contributed by atoms with E-state index in [-0.39, 0.29) is 5.82 Å². The van der Waals surface area contributed by atoms with Crippen LogP contribution in [0.15, 0.2) is 17.2 Å². The number of benzene rings is 1. The number of aryl methyl sites for hydroxylation is 1. The lowest BCUT2D eigenvalue weighted by Crippen LogP contribution is -1.86. The largest absolute Gasteiger partial charge is 0.207 e. The summed E-state index contributed by atoms with van der Waals surface area (Å²) in [5, 5.41) is 3.75. The molecule has 5 heteroatoms. The van der Waals surface area contributed by atoms with E-state index in [0.717, 1.165) is 0 Å². The first kappa shape index (κ1) is 12.4. The van der Waals surface area contributed by atoms with E-state index in [1.54, 1.807) is 6.92 Å². The first-order valence-electron chi connectivity index (χ1n) is 4.60. The van der Waals surface area contributed by atoms with Crippen molar-refractivity contribution >= 4 is 11.6 Å². The van der Waals surface area contributed by atoms with Gasteiger partial charge in [-0.2, -0.15) is 0 Å². The summed E-state index contributed by atoms with van der Waals surface area (Å²) in [5.41, 5.74) is 8.97. The second-order valence-electron chi connectivity index (χ2n) is 3.09. The van der Waals surface area contributed by atoms with Crippen LogP contribution in [0.4, 0.5) is 4.39 Å². The summed E-state index contributed by atoms with van der Waals surface area (Å²) in [6.07, 6.45) is 0.426. The van der Waals surface area contributed by atoms with E-state index in [9.17, 15) is 4.39 Å². The van der Waals surface area contributed by atoms with Crippen LogP contribution in [0.25, 0.3) is 10.4 Å². The summed E-state index contributed by atoms with van der Waals surface area (Å²) in [5.74, 6) is 5.16. The minimum atomic E-state index is -0.330. The molecule has 0 saturated carbocycles. The summed E-state index contributed by atoms with van der Waals surface area (Å²) in [6.45, 7) is 1.94. The Bertz CT molecular complexity index is 496. The lowest BCUT2D eigenvalue weighted by Gasteiger charge is -1.99. The van der Waals surface area contributed by atoms with Crippen molar-refractivity contribution in [1.29, 1.82) is 0 Å². The van der Waals surface area contributed by atoms with Gasteiger partial charge in [-0.25, -0.2) is 4.39 Å². The maximum atomic E-state index is 13.2. The summed E-state index contributed by atoms with van der Waals surface area (Å²) >= 11 is 5.89. The van der Waals surface area contributed by atoms with Gasteiger partial charge in [-0.15, -0.1) is 0 Å². The van der Waals surface area contributed by atoms with Crippen molar-refractivity contribution in [1.82, 2.24) is 0 Å². The van der Waals surface area contributed by atoms with Crippen LogP contribution < -0.4 is 0 Å². The average molecular weight is 238 g/mol. The number of hydrogen-bond acceptors (Lipinski definition) is 1. The van der Waals surface area contributed by atoms with Gasteiger partial charge >= 0.3 is 0 Å². The first-order valence-corrected chi connectivity index (χ1v) is 4.98. The zero-order valence-corrected chi connectivity index (χ0v) is 9.42. The molecular weight excluding hydrogens is 229 g/mol. The van der Waals surface area contributed by atoms with Gasteiger partial charge in [0.05, 0.1) is 5.02 Å². The second-order valence-corrected chi connectivity index (χ2v) is 3.49. The van der Waals surface area contributed by atoms with Gasteiger partial charge in [-0.3, -0.25) is 0 Å². The zero-order chi connectivity index (χ0) is 12.0. The van der Waals surface area contributed by atoms with Gasteiger partial charge in [0.1, 0.15) is 5.82 Å². The Morgan fingerprint density at radius 3 is 3.00 bits per heavy atom. The van der Waals surface area contributed by atoms with Crippen molar-refractivity contribution in [3.8, 4) is 11.8 Å². The second kappa shape index (κ2) is 6.02. The Hall–Kier alpha value is -1.69. The fourth-order valence-electron chi connectivity index (χ4n) is 1.05. The SMILES string of the molecule is Cc1cc(Cl)c(C#CCCN=[N+]=[N-])cc1F. The van der Waals surface area contributed by atoms with E-state index in [1.165, 1.54) is 12.1 Å². The van der Waals surface area contributed by atoms with Crippen LogP contribution in [-0.2, 0) is 0 Å². The Morgan fingerprint density at radius 1 is 1.56 bits per heavy atom. The average Bonchev–Trinajstić information content (AvgIpc) is 2.25. The van der Waals surface area contributed by atoms with Crippen LogP contribution in [0.2, 0.25) is 5.02 Å². The highest BCUT2D eigenvalue weighted by atomic mass is 35.5. The molecule has 0 fully saturated rings. The smallest absolute Gasteiger partial charge is 0.127 e. The molecule has 16 heavy (non-hydrogen) atoms. The van der Waals surface area contributed by atoms with Gasteiger partial charge in [-0.05, 0) is 30.2 Å². The maximum absolute atomic E-state index is 13.2. The molecule has 0 unspecified atom stereocenters. The summed E-state index contributed by atoms with van der Waals surface area (Å²) in [4.78, 5) is 2.59. The van der Waals surface area contributed by atoms with Gasteiger partial charge in [0.2, 0.25) is 0 Å². The molecular formula is C11H9ClFN3. The highest BCUT2D eigenvalue weighted by molar-refractivity contribution is 6.31. The van der Waals surface area contributed by atoms with E-state index < -0.39 is 0 Å². The van der Waals surface area contributed by atoms with Crippen molar-refractivity contribution in [2.45, 2.75) is 13.3 Å². The molecule has 0 aliphatic rings. The molecule has 1 aromatic rings. The molecule has 0 aliphatic heterocycles. The number of nitrogens with zero attached hydrogens (tertiary/aromatic N) is 3. The van der Waals surface area contributed by atoms with Gasteiger partial charge in [-0.1, -0.05) is 28.6 Å². The normalized spacial score (nSPS) is 8.94. The van der Waals surface area contributed by atoms with Gasteiger partial charge in [0.25, 0.3) is 0 Å². The van der Waals surface area contributed by atoms with Crippen molar-refractivity contribution in [3.63, 3.8) is 0 Å². The topological polar surface area (TPSA) is 48.8 Å². The Kier molecular flexibility index (Phi) is 4.65. The quantitative estimate of drug-likeness (QED) is 0.247. The van der Waals surface area contributed by atoms with Crippen LogP contribution in [0.1, 0.15) is 17.5 Å². The Balaban J connectivity index is 2.80. The number of hydrogen-bond donors (Lipinski definition) is 0. The molecule has 0 bridgehead atoms. The molecule has 1 aromatic carbocycles. The lowest BCUT2D eigenvalue weighted by molar-refractivity contribution is 0.618. The van der Waals surface area contributed by atoms with Crippen LogP contribution in [-0.4, -0.2) is 6.54 Å². The third-order valence-electron chi connectivity index (χ3n) is 1.87. The standard InChI is InChI=1S/C11H9ClFN3/c1-8-6-10(12)9(7-11(8)13)4-2-3-5-15-16-14/h6-7H,3,5H2,1H3. The number of azide groups is 1. The monoisotopic (exact) mass is 237 g/mol. The zero-order valence-electron chi connectivity index (χ0n) is 8.67. The minimum absolute atomic E-state index is 0.301. The van der Waals surface area contributed by atoms with E-state index >= 15 is 0 Å². The minimum Gasteiger partial charge on any atom is -0.207 e. The number of halogens is 2. The summed E-state index contributed by atoms with van der Waals surface area (Å²) in [6, 6.07) is 2.84. The van der Waals surface area contributed by atoms with Crippen molar-refractivity contribution in [2.75, 3.05) is 6.54 Å². The van der Waals surface area contributed by atoms with Crippen LogP contribution in [0, 0.1) is 24.6 Å². The summed E-state index contributed by atoms with van der Waals surface area (Å²) < 4.78 is 13.2. The van der Waals surface area contributed by atoms with Crippen LogP contribution in [0.5, 0.6) is 0 Å². The maximum Gasteiger partial charge on any atom is 0.127 e. The molecule has 0 aliphatic carbocycles. The summed E-state index contributed by atoms with van der Waals surface area (Å²) in [7, 11) is 0. The predicted octanol–water partition coefficient (Wildman–Crippen LogP) is 3.84. The molecule has 0 spiro atoms. The van der Waals surface area contributed by atoms with E-state index in [1.807, 2.05) is 0 Å². The Morgan fingerprint density at radius 2 is 2.31 bits per heavy atom. The predicted molar refractivity (Wildman–Crippen MR) is 61.7 cm³/mol. The third-order valence-corrected chi connectivity index (χ3v) is 2.18. The van der Waals surface area contributed by atoms with Gasteiger partial charge in [0.15, 0.2) is 0 Å². The van der Waals surface area contributed by atoms with E-state index in [4.69, 9.17) is 17.1 Å². The Labute approximate surface area is 97.9 Å². The molecule has 0 atom stereocenters. The van der Waals surface area contributed by atoms with Gasteiger partial charge < -0.3 is 0 Å². The fourth-order valence-corrected chi connectivity index (χ4v) is 1.32. The molecule has 0 amide bonds. The van der Waals surface area contributed by atoms with Crippen molar-refractivity contribution in [2.24, 2.45) is 5.11 Å². The van der Waals surface area contributed by atoms with Crippen LogP contribution in [0.3, 0.4) is 0 Å². The molecule has 0 aromatic heterocycles. The molecule has 82 valence electrons. The van der Waals surface area contributed by atoms with Gasteiger partial charge in [0, 0.05) is 23.4 Å². The fraction of sp³-hybridized carbons (Fsp3) is 0.273.